The molecule has 4 rings (SSSR count). The molecular formula is C20H14. The normalized spacial score (nSPS) is 11.4. The third-order valence-corrected chi connectivity index (χ3v) is 4.15. The Morgan fingerprint density at radius 3 is 2.10 bits per heavy atom. The molecule has 0 bridgehead atoms. The van der Waals surface area contributed by atoms with Crippen molar-refractivity contribution in [2.24, 2.45) is 0 Å². The molecule has 0 saturated heterocycles. The summed E-state index contributed by atoms with van der Waals surface area (Å²) in [4.78, 5) is 0. The van der Waals surface area contributed by atoms with Crippen molar-refractivity contribution in [3.63, 3.8) is 0 Å². The van der Waals surface area contributed by atoms with Crippen LogP contribution in [0.1, 0.15) is 11.1 Å². The van der Waals surface area contributed by atoms with Gasteiger partial charge in [0, 0.05) is 0 Å². The van der Waals surface area contributed by atoms with Gasteiger partial charge in [-0.3, -0.25) is 0 Å². The first-order chi connectivity index (χ1) is 9.83. The van der Waals surface area contributed by atoms with E-state index in [1.165, 1.54) is 37.9 Å². The van der Waals surface area contributed by atoms with Crippen molar-refractivity contribution in [3.05, 3.63) is 72.8 Å². The third kappa shape index (κ3) is 1.31. The molecule has 0 saturated carbocycles. The molecule has 0 radical (unpaired) electrons. The smallest absolute Gasteiger partial charge is 0.00204 e. The van der Waals surface area contributed by atoms with E-state index >= 15 is 0 Å². The molecule has 94 valence electrons. The molecular weight excluding hydrogens is 240 g/mol. The van der Waals surface area contributed by atoms with E-state index in [1.807, 2.05) is 12.2 Å². The molecule has 0 spiro atoms. The summed E-state index contributed by atoms with van der Waals surface area (Å²) in [7, 11) is 0. The summed E-state index contributed by atoms with van der Waals surface area (Å²) >= 11 is 0. The van der Waals surface area contributed by atoms with Crippen LogP contribution in [0.4, 0.5) is 0 Å². The molecule has 0 nitrogen and oxygen atoms in total. The van der Waals surface area contributed by atoms with Crippen LogP contribution in [0.25, 0.3) is 44.5 Å². The van der Waals surface area contributed by atoms with Crippen molar-refractivity contribution in [1.29, 1.82) is 0 Å². The number of hydrogen-bond acceptors (Lipinski definition) is 0. The summed E-state index contributed by atoms with van der Waals surface area (Å²) in [5, 5.41) is 7.80. The van der Waals surface area contributed by atoms with E-state index in [4.69, 9.17) is 0 Å². The molecule has 0 aliphatic heterocycles. The molecule has 4 aromatic carbocycles. The largest absolute Gasteiger partial charge is 0.0984 e. The number of rotatable bonds is 2. The maximum atomic E-state index is 3.97. The van der Waals surface area contributed by atoms with Gasteiger partial charge in [-0.1, -0.05) is 67.8 Å². The minimum atomic E-state index is 1.14. The Labute approximate surface area is 118 Å². The lowest BCUT2D eigenvalue weighted by Gasteiger charge is -2.14. The summed E-state index contributed by atoms with van der Waals surface area (Å²) in [5.74, 6) is 0. The van der Waals surface area contributed by atoms with Crippen molar-refractivity contribution >= 4 is 44.5 Å². The van der Waals surface area contributed by atoms with Crippen LogP contribution in [0.3, 0.4) is 0 Å². The Bertz CT molecular complexity index is 958. The Balaban J connectivity index is 2.40. The first-order valence-corrected chi connectivity index (χ1v) is 6.79. The molecule has 0 aliphatic carbocycles. The van der Waals surface area contributed by atoms with E-state index in [0.717, 1.165) is 5.56 Å². The van der Waals surface area contributed by atoms with Crippen LogP contribution in [0.5, 0.6) is 0 Å². The number of benzene rings is 4. The second kappa shape index (κ2) is 3.94. The minimum Gasteiger partial charge on any atom is -0.0984 e. The maximum Gasteiger partial charge on any atom is -0.00204 e. The van der Waals surface area contributed by atoms with E-state index in [2.05, 4.69) is 61.7 Å². The highest BCUT2D eigenvalue weighted by atomic mass is 14.1. The monoisotopic (exact) mass is 254 g/mol. The van der Waals surface area contributed by atoms with Crippen molar-refractivity contribution < 1.29 is 0 Å². The zero-order valence-electron chi connectivity index (χ0n) is 11.2. The quantitative estimate of drug-likeness (QED) is 0.392. The van der Waals surface area contributed by atoms with E-state index in [9.17, 15) is 0 Å². The standard InChI is InChI=1S/C20H14/c1-3-13-12-16-9-8-14-6-5-7-15-10-11-18(17(13)4-2)20(16)19(14)15/h3-12H,1-2H2. The van der Waals surface area contributed by atoms with Gasteiger partial charge in [-0.15, -0.1) is 0 Å². The molecule has 0 N–H and O–H groups in total. The van der Waals surface area contributed by atoms with Crippen molar-refractivity contribution in [1.82, 2.24) is 0 Å². The Morgan fingerprint density at radius 1 is 0.700 bits per heavy atom. The highest BCUT2D eigenvalue weighted by molar-refractivity contribution is 6.24. The molecule has 0 amide bonds. The lowest BCUT2D eigenvalue weighted by Crippen LogP contribution is -1.89. The molecule has 4 aromatic rings. The van der Waals surface area contributed by atoms with Gasteiger partial charge in [-0.2, -0.15) is 0 Å². The maximum absolute atomic E-state index is 3.97. The van der Waals surface area contributed by atoms with E-state index in [1.54, 1.807) is 0 Å². The van der Waals surface area contributed by atoms with Gasteiger partial charge in [0.15, 0.2) is 0 Å². The van der Waals surface area contributed by atoms with Gasteiger partial charge in [0.1, 0.15) is 0 Å². The number of hydrogen-bond donors (Lipinski definition) is 0. The predicted octanol–water partition coefficient (Wildman–Crippen LogP) is 5.87. The second-order valence-corrected chi connectivity index (χ2v) is 5.14. The Morgan fingerprint density at radius 2 is 1.40 bits per heavy atom. The highest BCUT2D eigenvalue weighted by Crippen LogP contribution is 2.37. The summed E-state index contributed by atoms with van der Waals surface area (Å²) in [6.45, 7) is 7.90. The molecule has 20 heavy (non-hydrogen) atoms. The van der Waals surface area contributed by atoms with Crippen LogP contribution in [-0.2, 0) is 0 Å². The fourth-order valence-electron chi connectivity index (χ4n) is 3.25. The van der Waals surface area contributed by atoms with Crippen LogP contribution in [-0.4, -0.2) is 0 Å². The van der Waals surface area contributed by atoms with Crippen LogP contribution in [0.15, 0.2) is 61.7 Å². The molecule has 0 unspecified atom stereocenters. The molecule has 0 aromatic heterocycles. The van der Waals surface area contributed by atoms with Crippen LogP contribution in [0.2, 0.25) is 0 Å². The van der Waals surface area contributed by atoms with Crippen LogP contribution < -0.4 is 0 Å². The van der Waals surface area contributed by atoms with Gasteiger partial charge in [0.25, 0.3) is 0 Å². The summed E-state index contributed by atoms with van der Waals surface area (Å²) in [6, 6.07) is 17.5. The van der Waals surface area contributed by atoms with Crippen molar-refractivity contribution in [2.45, 2.75) is 0 Å². The first-order valence-electron chi connectivity index (χ1n) is 6.79. The van der Waals surface area contributed by atoms with Gasteiger partial charge >= 0.3 is 0 Å². The van der Waals surface area contributed by atoms with E-state index in [0.29, 0.717) is 0 Å². The average Bonchev–Trinajstić information content (AvgIpc) is 2.51. The molecule has 0 heteroatoms. The zero-order valence-corrected chi connectivity index (χ0v) is 11.2. The Kier molecular flexibility index (Phi) is 2.22. The zero-order chi connectivity index (χ0) is 13.7. The van der Waals surface area contributed by atoms with E-state index in [-0.39, 0.29) is 0 Å². The fourth-order valence-corrected chi connectivity index (χ4v) is 3.25. The van der Waals surface area contributed by atoms with Gasteiger partial charge in [-0.25, -0.2) is 0 Å². The second-order valence-electron chi connectivity index (χ2n) is 5.14. The lowest BCUT2D eigenvalue weighted by atomic mass is 9.89. The van der Waals surface area contributed by atoms with Gasteiger partial charge in [-0.05, 0) is 49.5 Å². The topological polar surface area (TPSA) is 0 Å². The minimum absolute atomic E-state index is 1.14. The summed E-state index contributed by atoms with van der Waals surface area (Å²) < 4.78 is 0. The SMILES string of the molecule is C=Cc1cc2ccc3cccc4ccc(c1C=C)c2c34. The average molecular weight is 254 g/mol. The predicted molar refractivity (Wildman–Crippen MR) is 90.3 cm³/mol. The van der Waals surface area contributed by atoms with Crippen molar-refractivity contribution in [2.75, 3.05) is 0 Å². The first kappa shape index (κ1) is 11.2. The van der Waals surface area contributed by atoms with Gasteiger partial charge in [0.05, 0.1) is 0 Å². The van der Waals surface area contributed by atoms with Crippen molar-refractivity contribution in [3.8, 4) is 0 Å². The van der Waals surface area contributed by atoms with Crippen LogP contribution >= 0.6 is 0 Å². The highest BCUT2D eigenvalue weighted by Gasteiger charge is 2.11. The molecule has 0 atom stereocenters. The van der Waals surface area contributed by atoms with Crippen LogP contribution in [0, 0.1) is 0 Å². The molecule has 0 aliphatic rings. The van der Waals surface area contributed by atoms with Gasteiger partial charge in [0.2, 0.25) is 0 Å². The van der Waals surface area contributed by atoms with E-state index < -0.39 is 0 Å². The Hall–Kier alpha value is -2.60. The molecule has 0 fully saturated rings. The lowest BCUT2D eigenvalue weighted by molar-refractivity contribution is 1.71. The molecule has 0 heterocycles. The summed E-state index contributed by atoms with van der Waals surface area (Å²) in [5.41, 5.74) is 2.32. The summed E-state index contributed by atoms with van der Waals surface area (Å²) in [6.07, 6.45) is 3.84. The third-order valence-electron chi connectivity index (χ3n) is 4.15. The van der Waals surface area contributed by atoms with Gasteiger partial charge < -0.3 is 0 Å². The fraction of sp³-hybridized carbons (Fsp3) is 0.